The Bertz CT molecular complexity index is 1030. The number of anilines is 4. The van der Waals surface area contributed by atoms with Gasteiger partial charge in [-0.1, -0.05) is 18.2 Å². The second kappa shape index (κ2) is 9.46. The number of hydrogen-bond acceptors (Lipinski definition) is 8. The Kier molecular flexibility index (Phi) is 6.53. The van der Waals surface area contributed by atoms with E-state index in [2.05, 4.69) is 15.3 Å². The van der Waals surface area contributed by atoms with Gasteiger partial charge >= 0.3 is 11.7 Å². The minimum absolute atomic E-state index is 0.0586. The molecule has 0 unspecified atom stereocenters. The number of benzene rings is 2. The van der Waals surface area contributed by atoms with E-state index in [0.717, 1.165) is 5.69 Å². The largest absolute Gasteiger partial charge is 0.462 e. The highest BCUT2D eigenvalue weighted by atomic mass is 16.6. The van der Waals surface area contributed by atoms with Crippen LogP contribution in [-0.4, -0.2) is 34.0 Å². The van der Waals surface area contributed by atoms with Gasteiger partial charge in [0.25, 0.3) is 0 Å². The summed E-state index contributed by atoms with van der Waals surface area (Å²) < 4.78 is 4.96. The lowest BCUT2D eigenvalue weighted by Gasteiger charge is -2.22. The Balaban J connectivity index is 1.95. The normalized spacial score (nSPS) is 10.3. The second-order valence-electron chi connectivity index (χ2n) is 6.15. The summed E-state index contributed by atoms with van der Waals surface area (Å²) in [4.78, 5) is 33.2. The first-order chi connectivity index (χ1) is 14.5. The summed E-state index contributed by atoms with van der Waals surface area (Å²) in [5, 5.41) is 14.8. The highest BCUT2D eigenvalue weighted by Crippen LogP contribution is 2.36. The van der Waals surface area contributed by atoms with E-state index >= 15 is 0 Å². The molecular weight excluding hydrogens is 386 g/mol. The number of nitro groups is 1. The lowest BCUT2D eigenvalue weighted by Crippen LogP contribution is -2.19. The molecule has 0 saturated carbocycles. The highest BCUT2D eigenvalue weighted by Gasteiger charge is 2.27. The molecule has 0 spiro atoms. The zero-order valence-corrected chi connectivity index (χ0v) is 16.6. The van der Waals surface area contributed by atoms with Crippen LogP contribution in [0.15, 0.2) is 60.9 Å². The number of para-hydroxylation sites is 1. The van der Waals surface area contributed by atoms with Crippen molar-refractivity contribution in [3.8, 4) is 0 Å². The molecule has 0 saturated heterocycles. The number of carbonyl (C=O) groups is 1. The van der Waals surface area contributed by atoms with Gasteiger partial charge in [0.1, 0.15) is 6.33 Å². The minimum atomic E-state index is -0.504. The van der Waals surface area contributed by atoms with Gasteiger partial charge in [0, 0.05) is 17.9 Å². The van der Waals surface area contributed by atoms with Gasteiger partial charge in [-0.15, -0.1) is 0 Å². The molecule has 1 aromatic heterocycles. The maximum Gasteiger partial charge on any atom is 0.354 e. The SMILES string of the molecule is CCOC(=O)c1ccc(Nc2ncnc(N(CC)c3ccccc3)c2[N+](=O)[O-])cc1. The van der Waals surface area contributed by atoms with E-state index in [9.17, 15) is 14.9 Å². The average Bonchev–Trinajstić information content (AvgIpc) is 2.76. The summed E-state index contributed by atoms with van der Waals surface area (Å²) >= 11 is 0. The van der Waals surface area contributed by atoms with Crippen molar-refractivity contribution in [3.63, 3.8) is 0 Å². The van der Waals surface area contributed by atoms with Crippen molar-refractivity contribution in [1.29, 1.82) is 0 Å². The molecule has 2 aromatic carbocycles. The molecule has 154 valence electrons. The minimum Gasteiger partial charge on any atom is -0.462 e. The van der Waals surface area contributed by atoms with E-state index < -0.39 is 10.9 Å². The van der Waals surface area contributed by atoms with E-state index in [1.807, 2.05) is 37.3 Å². The van der Waals surface area contributed by atoms with E-state index in [-0.39, 0.29) is 23.9 Å². The van der Waals surface area contributed by atoms with Crippen LogP contribution in [0, 0.1) is 10.1 Å². The number of hydrogen-bond donors (Lipinski definition) is 1. The highest BCUT2D eigenvalue weighted by molar-refractivity contribution is 5.90. The molecule has 0 radical (unpaired) electrons. The Morgan fingerprint density at radius 1 is 1.10 bits per heavy atom. The summed E-state index contributed by atoms with van der Waals surface area (Å²) in [6, 6.07) is 15.7. The molecule has 9 heteroatoms. The maximum atomic E-state index is 11.9. The molecule has 3 aromatic rings. The Hall–Kier alpha value is -4.01. The zero-order chi connectivity index (χ0) is 21.5. The van der Waals surface area contributed by atoms with E-state index in [4.69, 9.17) is 4.74 Å². The number of rotatable bonds is 8. The summed E-state index contributed by atoms with van der Waals surface area (Å²) in [6.45, 7) is 4.38. The zero-order valence-electron chi connectivity index (χ0n) is 16.6. The second-order valence-corrected chi connectivity index (χ2v) is 6.15. The fraction of sp³-hybridized carbons (Fsp3) is 0.190. The number of esters is 1. The molecule has 0 atom stereocenters. The molecular formula is C21H21N5O4. The van der Waals surface area contributed by atoms with Crippen molar-refractivity contribution in [2.75, 3.05) is 23.4 Å². The standard InChI is InChI=1S/C21H21N5O4/c1-3-25(17-8-6-5-7-9-17)20-18(26(28)29)19(22-14-23-20)24-16-12-10-15(11-13-16)21(27)30-4-2/h5-14H,3-4H2,1-2H3,(H,22,23,24). The van der Waals surface area contributed by atoms with Gasteiger partial charge in [-0.2, -0.15) is 0 Å². The van der Waals surface area contributed by atoms with Gasteiger partial charge in [0.2, 0.25) is 11.6 Å². The first-order valence-corrected chi connectivity index (χ1v) is 9.41. The number of nitrogens with one attached hydrogen (secondary N) is 1. The first kappa shape index (κ1) is 20.7. The van der Waals surface area contributed by atoms with Crippen molar-refractivity contribution >= 4 is 34.7 Å². The number of ether oxygens (including phenoxy) is 1. The van der Waals surface area contributed by atoms with Crippen LogP contribution < -0.4 is 10.2 Å². The smallest absolute Gasteiger partial charge is 0.354 e. The molecule has 9 nitrogen and oxygen atoms in total. The predicted molar refractivity (Wildman–Crippen MR) is 113 cm³/mol. The van der Waals surface area contributed by atoms with Crippen LogP contribution in [0.2, 0.25) is 0 Å². The molecule has 1 N–H and O–H groups in total. The van der Waals surface area contributed by atoms with Crippen LogP contribution in [0.1, 0.15) is 24.2 Å². The number of aromatic nitrogens is 2. The fourth-order valence-corrected chi connectivity index (χ4v) is 2.93. The third kappa shape index (κ3) is 4.52. The van der Waals surface area contributed by atoms with Crippen molar-refractivity contribution in [2.24, 2.45) is 0 Å². The van der Waals surface area contributed by atoms with Crippen molar-refractivity contribution in [1.82, 2.24) is 9.97 Å². The van der Waals surface area contributed by atoms with Gasteiger partial charge in [-0.05, 0) is 50.2 Å². The topological polar surface area (TPSA) is 110 Å². The summed E-state index contributed by atoms with van der Waals surface area (Å²) in [6.07, 6.45) is 1.28. The molecule has 0 fully saturated rings. The average molecular weight is 407 g/mol. The number of nitrogens with zero attached hydrogens (tertiary/aromatic N) is 4. The molecule has 3 rings (SSSR count). The molecule has 0 amide bonds. The summed E-state index contributed by atoms with van der Waals surface area (Å²) in [5.74, 6) is -0.182. The lowest BCUT2D eigenvalue weighted by molar-refractivity contribution is -0.383. The lowest BCUT2D eigenvalue weighted by atomic mass is 10.2. The third-order valence-corrected chi connectivity index (χ3v) is 4.28. The molecule has 0 bridgehead atoms. The first-order valence-electron chi connectivity index (χ1n) is 9.41. The Labute approximate surface area is 173 Å². The molecule has 0 aliphatic rings. The maximum absolute atomic E-state index is 11.9. The van der Waals surface area contributed by atoms with Crippen LogP contribution in [0.5, 0.6) is 0 Å². The third-order valence-electron chi connectivity index (χ3n) is 4.28. The van der Waals surface area contributed by atoms with E-state index in [1.165, 1.54) is 6.33 Å². The van der Waals surface area contributed by atoms with Gasteiger partial charge in [-0.3, -0.25) is 10.1 Å². The summed E-state index contributed by atoms with van der Waals surface area (Å²) in [5.41, 5.74) is 1.48. The molecule has 30 heavy (non-hydrogen) atoms. The quantitative estimate of drug-likeness (QED) is 0.331. The predicted octanol–water partition coefficient (Wildman–Crippen LogP) is 4.46. The van der Waals surface area contributed by atoms with E-state index in [0.29, 0.717) is 17.8 Å². The number of carbonyl (C=O) groups excluding carboxylic acids is 1. The van der Waals surface area contributed by atoms with Crippen LogP contribution in [-0.2, 0) is 4.74 Å². The molecule has 0 aliphatic heterocycles. The van der Waals surface area contributed by atoms with Crippen LogP contribution >= 0.6 is 0 Å². The van der Waals surface area contributed by atoms with Crippen molar-refractivity contribution < 1.29 is 14.5 Å². The molecule has 0 aliphatic carbocycles. The van der Waals surface area contributed by atoms with Crippen LogP contribution in [0.25, 0.3) is 0 Å². The van der Waals surface area contributed by atoms with Gasteiger partial charge in [-0.25, -0.2) is 14.8 Å². The molecule has 1 heterocycles. The monoisotopic (exact) mass is 407 g/mol. The van der Waals surface area contributed by atoms with Crippen molar-refractivity contribution in [2.45, 2.75) is 13.8 Å². The van der Waals surface area contributed by atoms with Gasteiger partial charge in [0.05, 0.1) is 17.1 Å². The van der Waals surface area contributed by atoms with E-state index in [1.54, 1.807) is 36.1 Å². The van der Waals surface area contributed by atoms with Gasteiger partial charge < -0.3 is 15.0 Å². The fourth-order valence-electron chi connectivity index (χ4n) is 2.93. The Morgan fingerprint density at radius 3 is 2.40 bits per heavy atom. The van der Waals surface area contributed by atoms with Gasteiger partial charge in [0.15, 0.2) is 0 Å². The Morgan fingerprint density at radius 2 is 1.80 bits per heavy atom. The van der Waals surface area contributed by atoms with Crippen LogP contribution in [0.4, 0.5) is 28.7 Å². The van der Waals surface area contributed by atoms with Crippen molar-refractivity contribution in [3.05, 3.63) is 76.6 Å². The van der Waals surface area contributed by atoms with Crippen LogP contribution in [0.3, 0.4) is 0 Å². The summed E-state index contributed by atoms with van der Waals surface area (Å²) in [7, 11) is 0.